The molecule has 0 radical (unpaired) electrons. The van der Waals surface area contributed by atoms with Gasteiger partial charge < -0.3 is 10.2 Å². The fourth-order valence-electron chi connectivity index (χ4n) is 1.81. The smallest absolute Gasteiger partial charge is 0.241 e. The van der Waals surface area contributed by atoms with Crippen molar-refractivity contribution >= 4 is 10.0 Å². The molecule has 1 aromatic carbocycles. The molecular weight excluding hydrogens is 293 g/mol. The first-order valence-corrected chi connectivity index (χ1v) is 8.48. The van der Waals surface area contributed by atoms with Crippen LogP contribution < -0.4 is 10.0 Å². The fourth-order valence-corrected chi connectivity index (χ4v) is 3.07. The van der Waals surface area contributed by atoms with Crippen molar-refractivity contribution < 1.29 is 12.8 Å². The highest BCUT2D eigenvalue weighted by atomic mass is 32.2. The first kappa shape index (κ1) is 18.0. The topological polar surface area (TPSA) is 61.4 Å². The Morgan fingerprint density at radius 3 is 2.57 bits per heavy atom. The van der Waals surface area contributed by atoms with Crippen molar-refractivity contribution in [1.82, 2.24) is 14.9 Å². The second-order valence-electron chi connectivity index (χ2n) is 5.13. The van der Waals surface area contributed by atoms with Crippen molar-refractivity contribution in [3.05, 3.63) is 29.6 Å². The van der Waals surface area contributed by atoms with Crippen molar-refractivity contribution in [3.63, 3.8) is 0 Å². The van der Waals surface area contributed by atoms with E-state index < -0.39 is 15.8 Å². The summed E-state index contributed by atoms with van der Waals surface area (Å²) >= 11 is 0. The Labute approximate surface area is 126 Å². The summed E-state index contributed by atoms with van der Waals surface area (Å²) in [4.78, 5) is 1.88. The summed E-state index contributed by atoms with van der Waals surface area (Å²) in [7, 11) is 0.0125. The summed E-state index contributed by atoms with van der Waals surface area (Å²) in [5.74, 6) is -0.553. The number of hydrogen-bond donors (Lipinski definition) is 2. The Balaban J connectivity index is 2.89. The van der Waals surface area contributed by atoms with E-state index in [1.807, 2.05) is 25.9 Å². The van der Waals surface area contributed by atoms with Gasteiger partial charge in [-0.2, -0.15) is 0 Å². The van der Waals surface area contributed by atoms with Crippen molar-refractivity contribution in [2.45, 2.75) is 24.8 Å². The van der Waals surface area contributed by atoms with E-state index in [9.17, 15) is 12.8 Å². The van der Waals surface area contributed by atoms with Crippen LogP contribution in [0.3, 0.4) is 0 Å². The minimum atomic E-state index is -3.70. The van der Waals surface area contributed by atoms with Gasteiger partial charge in [-0.05, 0) is 44.8 Å². The summed E-state index contributed by atoms with van der Waals surface area (Å²) in [6.07, 6.45) is 0.949. The van der Waals surface area contributed by atoms with Gasteiger partial charge in [-0.15, -0.1) is 0 Å². The van der Waals surface area contributed by atoms with Crippen LogP contribution >= 0.6 is 0 Å². The third kappa shape index (κ3) is 6.09. The Hall–Kier alpha value is -1.02. The summed E-state index contributed by atoms with van der Waals surface area (Å²) in [5, 5.41) is 3.13. The third-order valence-electron chi connectivity index (χ3n) is 2.91. The lowest BCUT2D eigenvalue weighted by atomic mass is 10.2. The zero-order valence-electron chi connectivity index (χ0n) is 12.8. The molecule has 7 heteroatoms. The van der Waals surface area contributed by atoms with Crippen molar-refractivity contribution in [3.8, 4) is 0 Å². The Bertz CT molecular complexity index is 547. The lowest BCUT2D eigenvalue weighted by Gasteiger charge is -2.14. The number of sulfonamides is 1. The number of nitrogens with zero attached hydrogens (tertiary/aromatic N) is 1. The van der Waals surface area contributed by atoms with Crippen LogP contribution in [0, 0.1) is 5.82 Å². The molecule has 0 unspecified atom stereocenters. The van der Waals surface area contributed by atoms with Gasteiger partial charge in [0.15, 0.2) is 0 Å². The number of benzene rings is 1. The van der Waals surface area contributed by atoms with Gasteiger partial charge in [-0.25, -0.2) is 17.5 Å². The Morgan fingerprint density at radius 2 is 1.95 bits per heavy atom. The van der Waals surface area contributed by atoms with E-state index in [0.717, 1.165) is 19.0 Å². The van der Waals surface area contributed by atoms with Crippen LogP contribution in [0.25, 0.3) is 0 Å². The minimum absolute atomic E-state index is 0.00450. The molecule has 0 saturated heterocycles. The number of halogens is 1. The molecule has 0 aliphatic carbocycles. The molecule has 0 fully saturated rings. The Morgan fingerprint density at radius 1 is 1.24 bits per heavy atom. The molecule has 0 saturated carbocycles. The molecule has 0 aliphatic heterocycles. The average molecular weight is 317 g/mol. The molecule has 0 atom stereocenters. The largest absolute Gasteiger partial charge is 0.313 e. The van der Waals surface area contributed by atoms with E-state index >= 15 is 0 Å². The quantitative estimate of drug-likeness (QED) is 0.671. The molecule has 120 valence electrons. The predicted molar refractivity (Wildman–Crippen MR) is 82.1 cm³/mol. The van der Waals surface area contributed by atoms with Crippen LogP contribution in [0.15, 0.2) is 23.1 Å². The minimum Gasteiger partial charge on any atom is -0.313 e. The summed E-state index contributed by atoms with van der Waals surface area (Å²) in [6, 6.07) is 3.86. The molecule has 0 heterocycles. The molecule has 2 N–H and O–H groups in total. The molecule has 0 aromatic heterocycles. The standard InChI is InChI=1S/C14H24FN3O2S/c1-4-7-16-11-12-5-6-13(15)10-14(12)21(19,20)17-8-9-18(2)3/h5-6,10,16-17H,4,7-9,11H2,1-3H3. The molecule has 0 bridgehead atoms. The van der Waals surface area contributed by atoms with Crippen molar-refractivity contribution in [2.75, 3.05) is 33.7 Å². The second-order valence-corrected chi connectivity index (χ2v) is 6.87. The fraction of sp³-hybridized carbons (Fsp3) is 0.571. The maximum absolute atomic E-state index is 13.4. The predicted octanol–water partition coefficient (Wildman–Crippen LogP) is 1.17. The normalized spacial score (nSPS) is 12.0. The lowest BCUT2D eigenvalue weighted by Crippen LogP contribution is -2.32. The van der Waals surface area contributed by atoms with Crippen LogP contribution in [0.2, 0.25) is 0 Å². The van der Waals surface area contributed by atoms with Gasteiger partial charge in [0, 0.05) is 19.6 Å². The molecule has 0 amide bonds. The number of likely N-dealkylation sites (N-methyl/N-ethyl adjacent to an activating group) is 1. The molecule has 0 aliphatic rings. The number of hydrogen-bond acceptors (Lipinski definition) is 4. The first-order valence-electron chi connectivity index (χ1n) is 7.00. The van der Waals surface area contributed by atoms with E-state index in [1.54, 1.807) is 0 Å². The molecule has 5 nitrogen and oxygen atoms in total. The molecule has 1 rings (SSSR count). The second kappa shape index (κ2) is 8.43. The van der Waals surface area contributed by atoms with E-state index in [2.05, 4.69) is 10.0 Å². The van der Waals surface area contributed by atoms with Gasteiger partial charge in [-0.1, -0.05) is 13.0 Å². The number of nitrogens with one attached hydrogen (secondary N) is 2. The SMILES string of the molecule is CCCNCc1ccc(F)cc1S(=O)(=O)NCCN(C)C. The average Bonchev–Trinajstić information content (AvgIpc) is 2.40. The van der Waals surface area contributed by atoms with Crippen LogP contribution in [-0.2, 0) is 16.6 Å². The first-order chi connectivity index (χ1) is 9.86. The van der Waals surface area contributed by atoms with E-state index in [-0.39, 0.29) is 11.4 Å². The van der Waals surface area contributed by atoms with Crippen molar-refractivity contribution in [2.24, 2.45) is 0 Å². The molecule has 21 heavy (non-hydrogen) atoms. The zero-order chi connectivity index (χ0) is 15.9. The van der Waals surface area contributed by atoms with Crippen LogP contribution in [0.5, 0.6) is 0 Å². The summed E-state index contributed by atoms with van der Waals surface area (Å²) in [6.45, 7) is 4.08. The van der Waals surface area contributed by atoms with Gasteiger partial charge in [0.25, 0.3) is 0 Å². The molecule has 1 aromatic rings. The summed E-state index contributed by atoms with van der Waals surface area (Å²) < 4.78 is 40.5. The van der Waals surface area contributed by atoms with Crippen LogP contribution in [0.4, 0.5) is 4.39 Å². The van der Waals surface area contributed by atoms with Gasteiger partial charge >= 0.3 is 0 Å². The van der Waals surface area contributed by atoms with Gasteiger partial charge in [-0.3, -0.25) is 0 Å². The van der Waals surface area contributed by atoms with E-state index in [0.29, 0.717) is 18.7 Å². The Kier molecular flexibility index (Phi) is 7.24. The van der Waals surface area contributed by atoms with Crippen molar-refractivity contribution in [1.29, 1.82) is 0 Å². The lowest BCUT2D eigenvalue weighted by molar-refractivity contribution is 0.412. The molecular formula is C14H24FN3O2S. The maximum Gasteiger partial charge on any atom is 0.241 e. The zero-order valence-corrected chi connectivity index (χ0v) is 13.6. The monoisotopic (exact) mass is 317 g/mol. The van der Waals surface area contributed by atoms with E-state index in [4.69, 9.17) is 0 Å². The van der Waals surface area contributed by atoms with E-state index in [1.165, 1.54) is 12.1 Å². The summed E-state index contributed by atoms with van der Waals surface area (Å²) in [5.41, 5.74) is 0.571. The van der Waals surface area contributed by atoms with Crippen LogP contribution in [0.1, 0.15) is 18.9 Å². The third-order valence-corrected chi connectivity index (χ3v) is 4.46. The van der Waals surface area contributed by atoms with Gasteiger partial charge in [0.2, 0.25) is 10.0 Å². The van der Waals surface area contributed by atoms with Gasteiger partial charge in [0.1, 0.15) is 5.82 Å². The highest BCUT2D eigenvalue weighted by molar-refractivity contribution is 7.89. The van der Waals surface area contributed by atoms with Gasteiger partial charge in [0.05, 0.1) is 4.90 Å². The number of rotatable bonds is 9. The molecule has 0 spiro atoms. The highest BCUT2D eigenvalue weighted by Crippen LogP contribution is 2.17. The highest BCUT2D eigenvalue weighted by Gasteiger charge is 2.18. The van der Waals surface area contributed by atoms with Crippen LogP contribution in [-0.4, -0.2) is 47.0 Å². The maximum atomic E-state index is 13.4.